The van der Waals surface area contributed by atoms with Crippen molar-refractivity contribution in [1.82, 2.24) is 9.80 Å². The molecular formula is C22H27ClN4O4S. The van der Waals surface area contributed by atoms with Gasteiger partial charge in [-0.25, -0.2) is 8.42 Å². The Bertz CT molecular complexity index is 1130. The van der Waals surface area contributed by atoms with Gasteiger partial charge in [0.1, 0.15) is 4.90 Å². The molecule has 8 nitrogen and oxygen atoms in total. The number of β-amino-alcohol motifs (C(OH)–C–C–N with tert-alkyl or cyclic N) is 1. The molecule has 172 valence electrons. The molecule has 2 aliphatic heterocycles. The quantitative estimate of drug-likeness (QED) is 0.724. The largest absolute Gasteiger partial charge is 0.395 e. The van der Waals surface area contributed by atoms with E-state index in [4.69, 9.17) is 16.7 Å². The molecule has 4 rings (SSSR count). The number of piperazine rings is 1. The van der Waals surface area contributed by atoms with Crippen molar-refractivity contribution in [1.29, 1.82) is 0 Å². The fraction of sp³-hybridized carbons (Fsp3) is 0.409. The summed E-state index contributed by atoms with van der Waals surface area (Å²) in [6, 6.07) is 10.1. The van der Waals surface area contributed by atoms with Gasteiger partial charge in [0.15, 0.2) is 0 Å². The van der Waals surface area contributed by atoms with Crippen molar-refractivity contribution >= 4 is 44.6 Å². The van der Waals surface area contributed by atoms with Gasteiger partial charge in [-0.1, -0.05) is 23.7 Å². The van der Waals surface area contributed by atoms with Gasteiger partial charge in [-0.05, 0) is 36.8 Å². The maximum absolute atomic E-state index is 13.6. The molecule has 0 aliphatic carbocycles. The van der Waals surface area contributed by atoms with E-state index >= 15 is 0 Å². The highest BCUT2D eigenvalue weighted by atomic mass is 35.5. The van der Waals surface area contributed by atoms with Crippen molar-refractivity contribution in [2.24, 2.45) is 0 Å². The number of hydrogen-bond acceptors (Lipinski definition) is 6. The predicted molar refractivity (Wildman–Crippen MR) is 125 cm³/mol. The number of aliphatic hydroxyl groups is 1. The first kappa shape index (κ1) is 23.0. The summed E-state index contributed by atoms with van der Waals surface area (Å²) < 4.78 is 28.0. The van der Waals surface area contributed by atoms with Crippen LogP contribution in [-0.4, -0.2) is 82.2 Å². The molecule has 0 radical (unpaired) electrons. The predicted octanol–water partition coefficient (Wildman–Crippen LogP) is 2.06. The van der Waals surface area contributed by atoms with Crippen LogP contribution in [0.1, 0.15) is 5.56 Å². The number of aryl methyl sites for hydroxylation is 1. The number of nitrogens with zero attached hydrogens (tertiary/aromatic N) is 4. The summed E-state index contributed by atoms with van der Waals surface area (Å²) in [5, 5.41) is 9.54. The third kappa shape index (κ3) is 4.11. The SMILES string of the molecule is Cc1cc2c(cc1Cl)N(C(=O)CN1CCN(CCO)CC1)c1ccccc1N(C)S2(=O)=O. The van der Waals surface area contributed by atoms with Gasteiger partial charge in [0.25, 0.3) is 10.0 Å². The smallest absolute Gasteiger partial charge is 0.266 e. The molecule has 1 fully saturated rings. The number of carbonyl (C=O) groups is 1. The van der Waals surface area contributed by atoms with Crippen LogP contribution in [0.15, 0.2) is 41.3 Å². The van der Waals surface area contributed by atoms with Crippen LogP contribution in [0.2, 0.25) is 5.02 Å². The lowest BCUT2D eigenvalue weighted by atomic mass is 10.1. The maximum atomic E-state index is 13.6. The number of fused-ring (bicyclic) bond motifs is 2. The van der Waals surface area contributed by atoms with Gasteiger partial charge in [-0.15, -0.1) is 0 Å². The van der Waals surface area contributed by atoms with E-state index in [1.54, 1.807) is 37.3 Å². The highest BCUT2D eigenvalue weighted by molar-refractivity contribution is 7.93. The van der Waals surface area contributed by atoms with Gasteiger partial charge < -0.3 is 5.11 Å². The second kappa shape index (κ2) is 8.99. The molecule has 0 unspecified atom stereocenters. The fourth-order valence-corrected chi connectivity index (χ4v) is 5.80. The summed E-state index contributed by atoms with van der Waals surface area (Å²) in [4.78, 5) is 19.4. The Hall–Kier alpha value is -2.17. The van der Waals surface area contributed by atoms with E-state index in [9.17, 15) is 13.2 Å². The number of para-hydroxylation sites is 2. The van der Waals surface area contributed by atoms with Gasteiger partial charge in [0, 0.05) is 44.8 Å². The fourth-order valence-electron chi connectivity index (χ4n) is 4.20. The standard InChI is InChI=1S/C22H27ClN4O4S/c1-16-13-21-20(14-17(16)23)27(19-6-4-3-5-18(19)24(2)32(21,30)31)22(29)15-26-9-7-25(8-10-26)11-12-28/h3-6,13-14,28H,7-12,15H2,1-2H3. The van der Waals surface area contributed by atoms with E-state index < -0.39 is 10.0 Å². The van der Waals surface area contributed by atoms with Crippen LogP contribution in [0.5, 0.6) is 0 Å². The molecule has 0 saturated carbocycles. The lowest BCUT2D eigenvalue weighted by Gasteiger charge is -2.35. The zero-order chi connectivity index (χ0) is 23.0. The van der Waals surface area contributed by atoms with E-state index in [1.165, 1.54) is 22.3 Å². The molecule has 0 atom stereocenters. The Labute approximate surface area is 193 Å². The molecule has 2 heterocycles. The van der Waals surface area contributed by atoms with E-state index in [0.29, 0.717) is 41.6 Å². The van der Waals surface area contributed by atoms with Crippen LogP contribution in [0.25, 0.3) is 0 Å². The summed E-state index contributed by atoms with van der Waals surface area (Å²) >= 11 is 6.38. The minimum atomic E-state index is -3.89. The second-order valence-corrected chi connectivity index (χ2v) is 10.4. The topological polar surface area (TPSA) is 84.4 Å². The first-order chi connectivity index (χ1) is 15.2. The molecule has 0 spiro atoms. The van der Waals surface area contributed by atoms with Gasteiger partial charge in [0.05, 0.1) is 30.2 Å². The van der Waals surface area contributed by atoms with Gasteiger partial charge >= 0.3 is 0 Å². The Kier molecular flexibility index (Phi) is 6.46. The molecule has 1 amide bonds. The number of aliphatic hydroxyl groups excluding tert-OH is 1. The Morgan fingerprint density at radius 2 is 1.66 bits per heavy atom. The Balaban J connectivity index is 1.75. The second-order valence-electron chi connectivity index (χ2n) is 8.10. The van der Waals surface area contributed by atoms with Gasteiger partial charge in [-0.2, -0.15) is 0 Å². The molecule has 0 bridgehead atoms. The average Bonchev–Trinajstić information content (AvgIpc) is 2.83. The molecule has 2 aromatic rings. The number of anilines is 3. The Morgan fingerprint density at radius 1 is 1.03 bits per heavy atom. The molecule has 2 aromatic carbocycles. The molecule has 0 aromatic heterocycles. The van der Waals surface area contributed by atoms with Crippen molar-refractivity contribution < 1.29 is 18.3 Å². The molecule has 2 aliphatic rings. The van der Waals surface area contributed by atoms with Gasteiger partial charge in [0.2, 0.25) is 5.91 Å². The lowest BCUT2D eigenvalue weighted by Crippen LogP contribution is -2.50. The summed E-state index contributed by atoms with van der Waals surface area (Å²) in [6.45, 7) is 5.55. The first-order valence-electron chi connectivity index (χ1n) is 10.5. The third-order valence-electron chi connectivity index (χ3n) is 6.07. The van der Waals surface area contributed by atoms with Crippen LogP contribution in [0.3, 0.4) is 0 Å². The molecular weight excluding hydrogens is 452 g/mol. The normalized spacial score (nSPS) is 18.8. The number of carbonyl (C=O) groups excluding carboxylic acids is 1. The van der Waals surface area contributed by atoms with Crippen molar-refractivity contribution in [3.8, 4) is 0 Å². The van der Waals surface area contributed by atoms with Crippen LogP contribution >= 0.6 is 11.6 Å². The van der Waals surface area contributed by atoms with E-state index in [1.807, 2.05) is 0 Å². The summed E-state index contributed by atoms with van der Waals surface area (Å²) in [5.41, 5.74) is 1.82. The monoisotopic (exact) mass is 478 g/mol. The van der Waals surface area contributed by atoms with Crippen LogP contribution in [-0.2, 0) is 14.8 Å². The van der Waals surface area contributed by atoms with Crippen molar-refractivity contribution in [2.45, 2.75) is 11.8 Å². The van der Waals surface area contributed by atoms with Crippen molar-refractivity contribution in [2.75, 3.05) is 62.1 Å². The maximum Gasteiger partial charge on any atom is 0.266 e. The summed E-state index contributed by atoms with van der Waals surface area (Å²) in [7, 11) is -2.39. The number of halogens is 1. The highest BCUT2D eigenvalue weighted by Gasteiger charge is 2.37. The van der Waals surface area contributed by atoms with Crippen molar-refractivity contribution in [3.63, 3.8) is 0 Å². The number of sulfonamides is 1. The highest BCUT2D eigenvalue weighted by Crippen LogP contribution is 2.44. The van der Waals surface area contributed by atoms with E-state index in [2.05, 4.69) is 9.80 Å². The minimum absolute atomic E-state index is 0.0548. The first-order valence-corrected chi connectivity index (χ1v) is 12.3. The van der Waals surface area contributed by atoms with Crippen LogP contribution in [0, 0.1) is 6.92 Å². The Morgan fingerprint density at radius 3 is 2.31 bits per heavy atom. The average molecular weight is 479 g/mol. The summed E-state index contributed by atoms with van der Waals surface area (Å²) in [6.07, 6.45) is 0. The van der Waals surface area contributed by atoms with E-state index in [-0.39, 0.29) is 29.6 Å². The third-order valence-corrected chi connectivity index (χ3v) is 8.28. The summed E-state index contributed by atoms with van der Waals surface area (Å²) in [5.74, 6) is -0.222. The number of benzene rings is 2. The van der Waals surface area contributed by atoms with E-state index in [0.717, 1.165) is 13.1 Å². The minimum Gasteiger partial charge on any atom is -0.395 e. The number of hydrogen-bond donors (Lipinski definition) is 1. The molecule has 1 saturated heterocycles. The van der Waals surface area contributed by atoms with Crippen LogP contribution < -0.4 is 9.21 Å². The lowest BCUT2D eigenvalue weighted by molar-refractivity contribution is -0.119. The zero-order valence-corrected chi connectivity index (χ0v) is 19.7. The molecule has 1 N–H and O–H groups in total. The molecule has 10 heteroatoms. The molecule has 32 heavy (non-hydrogen) atoms. The zero-order valence-electron chi connectivity index (χ0n) is 18.2. The van der Waals surface area contributed by atoms with Crippen LogP contribution in [0.4, 0.5) is 17.1 Å². The number of amides is 1. The van der Waals surface area contributed by atoms with Crippen molar-refractivity contribution in [3.05, 3.63) is 47.0 Å². The van der Waals surface area contributed by atoms with Gasteiger partial charge in [-0.3, -0.25) is 23.8 Å². The number of rotatable bonds is 4.